The fraction of sp³-hybridized carbons (Fsp3) is 0.455. The molecule has 0 saturated carbocycles. The third-order valence-electron chi connectivity index (χ3n) is 5.68. The summed E-state index contributed by atoms with van der Waals surface area (Å²) in [6.45, 7) is 5.00. The van der Waals surface area contributed by atoms with Crippen LogP contribution in [-0.2, 0) is 14.6 Å². The van der Waals surface area contributed by atoms with Gasteiger partial charge < -0.3 is 18.8 Å². The summed E-state index contributed by atoms with van der Waals surface area (Å²) in [6.07, 6.45) is 0.526. The molecule has 3 rings (SSSR count). The Morgan fingerprint density at radius 3 is 2.19 bits per heavy atom. The topological polar surface area (TPSA) is 101 Å². The highest BCUT2D eigenvalue weighted by Gasteiger charge is 2.31. The Bertz CT molecular complexity index is 1110. The number of nitrogens with zero attached hydrogens (tertiary/aromatic N) is 1. The molecule has 1 saturated heterocycles. The number of rotatable bonds is 7. The number of esters is 1. The molecule has 2 heterocycles. The molecule has 0 aliphatic carbocycles. The summed E-state index contributed by atoms with van der Waals surface area (Å²) >= 11 is 0. The Kier molecular flexibility index (Phi) is 6.45. The van der Waals surface area contributed by atoms with Gasteiger partial charge in [-0.3, -0.25) is 4.79 Å². The highest BCUT2D eigenvalue weighted by Crippen LogP contribution is 2.31. The number of hydrogen-bond donors (Lipinski definition) is 0. The average molecular weight is 450 g/mol. The summed E-state index contributed by atoms with van der Waals surface area (Å²) in [4.78, 5) is 25.3. The van der Waals surface area contributed by atoms with Crippen LogP contribution in [0.5, 0.6) is 11.5 Å². The number of carbonyl (C=O) groups excluding carboxylic acids is 2. The van der Waals surface area contributed by atoms with E-state index in [1.807, 2.05) is 18.4 Å². The number of carbonyl (C=O) groups is 2. The lowest BCUT2D eigenvalue weighted by molar-refractivity contribution is 0.0474. The van der Waals surface area contributed by atoms with Crippen molar-refractivity contribution in [3.05, 3.63) is 46.3 Å². The first kappa shape index (κ1) is 22.9. The molecule has 1 aromatic carbocycles. The number of ketones is 1. The van der Waals surface area contributed by atoms with Gasteiger partial charge in [-0.1, -0.05) is 0 Å². The Morgan fingerprint density at radius 2 is 1.68 bits per heavy atom. The van der Waals surface area contributed by atoms with Crippen LogP contribution in [0.3, 0.4) is 0 Å². The van der Waals surface area contributed by atoms with Crippen molar-refractivity contribution < 1.29 is 32.2 Å². The first-order valence-electron chi connectivity index (χ1n) is 9.89. The lowest BCUT2D eigenvalue weighted by Crippen LogP contribution is -2.17. The van der Waals surface area contributed by atoms with E-state index in [1.165, 1.54) is 26.4 Å². The first-order chi connectivity index (χ1) is 14.6. The molecule has 0 bridgehead atoms. The summed E-state index contributed by atoms with van der Waals surface area (Å²) in [5, 5.41) is 0. The minimum Gasteiger partial charge on any atom is -0.496 e. The first-order valence-corrected chi connectivity index (χ1v) is 11.7. The van der Waals surface area contributed by atoms with Crippen LogP contribution in [0.4, 0.5) is 0 Å². The molecule has 168 valence electrons. The second kappa shape index (κ2) is 8.74. The zero-order chi connectivity index (χ0) is 22.9. The Hall–Kier alpha value is -2.81. The Labute approximate surface area is 182 Å². The fourth-order valence-corrected chi connectivity index (χ4v) is 5.80. The van der Waals surface area contributed by atoms with Gasteiger partial charge in [-0.25, -0.2) is 13.2 Å². The number of methoxy groups -OCH3 is 2. The number of Topliss-reactive ketones (excluding diaryl/α,β-unsaturated/α-hetero) is 1. The summed E-state index contributed by atoms with van der Waals surface area (Å²) in [6, 6.07) is 4.62. The molecule has 8 nitrogen and oxygen atoms in total. The molecule has 0 N–H and O–H groups in total. The van der Waals surface area contributed by atoms with Crippen LogP contribution in [-0.4, -0.2) is 57.1 Å². The highest BCUT2D eigenvalue weighted by atomic mass is 32.2. The predicted molar refractivity (Wildman–Crippen MR) is 115 cm³/mol. The molecule has 1 fully saturated rings. The van der Waals surface area contributed by atoms with E-state index in [1.54, 1.807) is 13.0 Å². The highest BCUT2D eigenvalue weighted by molar-refractivity contribution is 7.91. The number of sulfone groups is 1. The number of hydrogen-bond acceptors (Lipinski definition) is 7. The van der Waals surface area contributed by atoms with Gasteiger partial charge in [-0.05, 0) is 45.4 Å². The lowest BCUT2D eigenvalue weighted by Gasteiger charge is -2.16. The predicted octanol–water partition coefficient (Wildman–Crippen LogP) is 2.83. The monoisotopic (exact) mass is 449 g/mol. The zero-order valence-corrected chi connectivity index (χ0v) is 19.2. The molecule has 1 atom stereocenters. The van der Waals surface area contributed by atoms with Gasteiger partial charge in [0, 0.05) is 28.6 Å². The maximum Gasteiger partial charge on any atom is 0.338 e. The van der Waals surface area contributed by atoms with Crippen LogP contribution in [0.1, 0.15) is 50.1 Å². The molecule has 0 amide bonds. The second-order valence-corrected chi connectivity index (χ2v) is 9.95. The van der Waals surface area contributed by atoms with Crippen molar-refractivity contribution in [1.29, 1.82) is 0 Å². The number of aromatic nitrogens is 1. The minimum absolute atomic E-state index is 0.0725. The van der Waals surface area contributed by atoms with Crippen molar-refractivity contribution in [2.45, 2.75) is 33.2 Å². The van der Waals surface area contributed by atoms with Gasteiger partial charge in [0.1, 0.15) is 11.5 Å². The van der Waals surface area contributed by atoms with Gasteiger partial charge in [0.2, 0.25) is 5.78 Å². The van der Waals surface area contributed by atoms with Gasteiger partial charge >= 0.3 is 5.97 Å². The molecule has 0 radical (unpaired) electrons. The summed E-state index contributed by atoms with van der Waals surface area (Å²) in [5.41, 5.74) is 2.88. The third kappa shape index (κ3) is 4.61. The maximum atomic E-state index is 12.8. The SMILES string of the molecule is COc1cc(C(=O)OCC(=O)c2cc(C)n(C3CCS(=O)(=O)C3)c2C)cc(OC)c1C. The quantitative estimate of drug-likeness (QED) is 0.473. The van der Waals surface area contributed by atoms with Crippen molar-refractivity contribution in [1.82, 2.24) is 4.57 Å². The zero-order valence-electron chi connectivity index (χ0n) is 18.4. The molecule has 9 heteroatoms. The molecular weight excluding hydrogens is 422 g/mol. The second-order valence-electron chi connectivity index (χ2n) is 7.72. The molecule has 1 unspecified atom stereocenters. The molecule has 0 spiro atoms. The van der Waals surface area contributed by atoms with Crippen molar-refractivity contribution in [2.24, 2.45) is 0 Å². The maximum absolute atomic E-state index is 12.8. The van der Waals surface area contributed by atoms with E-state index in [0.29, 0.717) is 29.2 Å². The molecule has 1 aliphatic rings. The Balaban J connectivity index is 1.75. The van der Waals surface area contributed by atoms with Crippen LogP contribution >= 0.6 is 0 Å². The summed E-state index contributed by atoms with van der Waals surface area (Å²) in [5.74, 6) is 0.169. The number of ether oxygens (including phenoxy) is 3. The molecule has 31 heavy (non-hydrogen) atoms. The van der Waals surface area contributed by atoms with Crippen molar-refractivity contribution in [3.63, 3.8) is 0 Å². The Morgan fingerprint density at radius 1 is 1.06 bits per heavy atom. The van der Waals surface area contributed by atoms with Crippen molar-refractivity contribution >= 4 is 21.6 Å². The van der Waals surface area contributed by atoms with Crippen LogP contribution in [0.15, 0.2) is 18.2 Å². The number of benzene rings is 1. The van der Waals surface area contributed by atoms with E-state index >= 15 is 0 Å². The largest absolute Gasteiger partial charge is 0.496 e. The van der Waals surface area contributed by atoms with E-state index in [9.17, 15) is 18.0 Å². The van der Waals surface area contributed by atoms with E-state index in [2.05, 4.69) is 0 Å². The van der Waals surface area contributed by atoms with Gasteiger partial charge in [-0.15, -0.1) is 0 Å². The molecular formula is C22H27NO7S. The molecule has 1 aliphatic heterocycles. The van der Waals surface area contributed by atoms with Crippen molar-refractivity contribution in [2.75, 3.05) is 32.3 Å². The standard InChI is InChI=1S/C22H27NO7S/c1-13-8-18(15(3)23(13)17-6-7-31(26,27)12-17)19(24)11-30-22(25)16-9-20(28-4)14(2)21(10-16)29-5/h8-10,17H,6-7,11-12H2,1-5H3. The molecule has 2 aromatic rings. The normalized spacial score (nSPS) is 17.4. The van der Waals surface area contributed by atoms with Crippen LogP contribution in [0.2, 0.25) is 0 Å². The van der Waals surface area contributed by atoms with E-state index < -0.39 is 22.4 Å². The molecule has 1 aromatic heterocycles. The van der Waals surface area contributed by atoms with Gasteiger partial charge in [0.15, 0.2) is 16.4 Å². The van der Waals surface area contributed by atoms with Crippen LogP contribution in [0.25, 0.3) is 0 Å². The van der Waals surface area contributed by atoms with Crippen molar-refractivity contribution in [3.8, 4) is 11.5 Å². The van der Waals surface area contributed by atoms with E-state index in [-0.39, 0.29) is 28.9 Å². The minimum atomic E-state index is -3.05. The average Bonchev–Trinajstić information content (AvgIpc) is 3.23. The lowest BCUT2D eigenvalue weighted by atomic mass is 10.1. The fourth-order valence-electron chi connectivity index (χ4n) is 4.10. The van der Waals surface area contributed by atoms with Gasteiger partial charge in [0.05, 0.1) is 31.3 Å². The number of aryl methyl sites for hydroxylation is 1. The summed E-state index contributed by atoms with van der Waals surface area (Å²) < 4.78 is 41.4. The third-order valence-corrected chi connectivity index (χ3v) is 7.43. The van der Waals surface area contributed by atoms with E-state index in [4.69, 9.17) is 14.2 Å². The van der Waals surface area contributed by atoms with E-state index in [0.717, 1.165) is 11.3 Å². The van der Waals surface area contributed by atoms with Crippen LogP contribution < -0.4 is 9.47 Å². The summed E-state index contributed by atoms with van der Waals surface area (Å²) in [7, 11) is -0.0668. The smallest absolute Gasteiger partial charge is 0.338 e. The van der Waals surface area contributed by atoms with Crippen LogP contribution in [0, 0.1) is 20.8 Å². The van der Waals surface area contributed by atoms with Gasteiger partial charge in [0.25, 0.3) is 0 Å². The van der Waals surface area contributed by atoms with Gasteiger partial charge in [-0.2, -0.15) is 0 Å².